The highest BCUT2D eigenvalue weighted by atomic mass is 35.5. The predicted molar refractivity (Wildman–Crippen MR) is 63.7 cm³/mol. The van der Waals surface area contributed by atoms with Crippen molar-refractivity contribution in [3.8, 4) is 0 Å². The predicted octanol–water partition coefficient (Wildman–Crippen LogP) is 2.02. The molecule has 2 rings (SSSR count). The molecule has 1 saturated heterocycles. The van der Waals surface area contributed by atoms with Crippen LogP contribution in [0.25, 0.3) is 0 Å². The molecular weight excluding hydrogens is 244 g/mol. The van der Waals surface area contributed by atoms with Crippen molar-refractivity contribution in [3.63, 3.8) is 0 Å². The molecule has 1 aromatic rings. The van der Waals surface area contributed by atoms with E-state index in [0.717, 1.165) is 19.4 Å². The van der Waals surface area contributed by atoms with E-state index in [1.165, 1.54) is 12.1 Å². The maximum Gasteiger partial charge on any atom is 0.335 e. The summed E-state index contributed by atoms with van der Waals surface area (Å²) in [6, 6.07) is 2.96. The van der Waals surface area contributed by atoms with Crippen LogP contribution >= 0.6 is 11.6 Å². The van der Waals surface area contributed by atoms with Crippen molar-refractivity contribution in [2.45, 2.75) is 18.9 Å². The van der Waals surface area contributed by atoms with E-state index < -0.39 is 5.97 Å². The van der Waals surface area contributed by atoms with Crippen molar-refractivity contribution in [1.29, 1.82) is 0 Å². The van der Waals surface area contributed by atoms with E-state index in [4.69, 9.17) is 21.4 Å². The van der Waals surface area contributed by atoms with Gasteiger partial charge in [0.1, 0.15) is 11.0 Å². The lowest BCUT2D eigenvalue weighted by molar-refractivity contribution is 0.0697. The van der Waals surface area contributed by atoms with Crippen molar-refractivity contribution in [2.24, 2.45) is 0 Å². The normalized spacial score (nSPS) is 19.9. The van der Waals surface area contributed by atoms with Gasteiger partial charge < -0.3 is 15.2 Å². The van der Waals surface area contributed by atoms with Gasteiger partial charge in [-0.15, -0.1) is 0 Å². The number of pyridine rings is 1. The van der Waals surface area contributed by atoms with Gasteiger partial charge in [0.25, 0.3) is 0 Å². The van der Waals surface area contributed by atoms with Gasteiger partial charge in [0.2, 0.25) is 0 Å². The number of hydrogen-bond donors (Lipinski definition) is 2. The minimum Gasteiger partial charge on any atom is -0.478 e. The number of rotatable bonds is 3. The highest BCUT2D eigenvalue weighted by Crippen LogP contribution is 2.17. The molecule has 6 heteroatoms. The van der Waals surface area contributed by atoms with Gasteiger partial charge in [-0.25, -0.2) is 9.78 Å². The number of ether oxygens (including phenoxy) is 1. The molecule has 2 N–H and O–H groups in total. The number of nitrogens with zero attached hydrogens (tertiary/aromatic N) is 1. The molecule has 1 aliphatic heterocycles. The highest BCUT2D eigenvalue weighted by Gasteiger charge is 2.15. The molecule has 0 saturated carbocycles. The van der Waals surface area contributed by atoms with Crippen LogP contribution in [0.1, 0.15) is 23.2 Å². The van der Waals surface area contributed by atoms with Gasteiger partial charge in [-0.1, -0.05) is 11.6 Å². The Hall–Kier alpha value is -1.33. The molecule has 0 aliphatic carbocycles. The number of carbonyl (C=O) groups is 1. The fourth-order valence-corrected chi connectivity index (χ4v) is 1.97. The molecule has 0 bridgehead atoms. The molecule has 1 aromatic heterocycles. The van der Waals surface area contributed by atoms with Crippen LogP contribution in [0.5, 0.6) is 0 Å². The fourth-order valence-electron chi connectivity index (χ4n) is 1.76. The SMILES string of the molecule is O=C(O)c1cc(Cl)nc(NC2CCCOC2)c1. The summed E-state index contributed by atoms with van der Waals surface area (Å²) >= 11 is 5.77. The topological polar surface area (TPSA) is 71.5 Å². The molecule has 1 unspecified atom stereocenters. The molecule has 1 aliphatic rings. The summed E-state index contributed by atoms with van der Waals surface area (Å²) in [5.74, 6) is -0.539. The molecule has 2 heterocycles. The van der Waals surface area contributed by atoms with Crippen LogP contribution in [0.2, 0.25) is 5.15 Å². The molecule has 0 aromatic carbocycles. The van der Waals surface area contributed by atoms with Crippen molar-refractivity contribution in [2.75, 3.05) is 18.5 Å². The Balaban J connectivity index is 2.11. The van der Waals surface area contributed by atoms with E-state index >= 15 is 0 Å². The zero-order valence-corrected chi connectivity index (χ0v) is 9.91. The monoisotopic (exact) mass is 256 g/mol. The maximum absolute atomic E-state index is 10.9. The highest BCUT2D eigenvalue weighted by molar-refractivity contribution is 6.29. The number of nitrogens with one attached hydrogen (secondary N) is 1. The molecule has 1 fully saturated rings. The standard InChI is InChI=1S/C11H13ClN2O3/c12-9-4-7(11(15)16)5-10(14-9)13-8-2-1-3-17-6-8/h4-5,8H,1-3,6H2,(H,13,14)(H,15,16). The summed E-state index contributed by atoms with van der Waals surface area (Å²) in [5.41, 5.74) is 0.129. The third-order valence-electron chi connectivity index (χ3n) is 2.55. The number of aromatic nitrogens is 1. The van der Waals surface area contributed by atoms with E-state index in [9.17, 15) is 4.79 Å². The van der Waals surface area contributed by atoms with Crippen LogP contribution in [-0.2, 0) is 4.74 Å². The third kappa shape index (κ3) is 3.31. The maximum atomic E-state index is 10.9. The second-order valence-electron chi connectivity index (χ2n) is 3.93. The van der Waals surface area contributed by atoms with E-state index in [1.807, 2.05) is 0 Å². The van der Waals surface area contributed by atoms with E-state index in [-0.39, 0.29) is 16.8 Å². The van der Waals surface area contributed by atoms with Crippen molar-refractivity contribution in [3.05, 3.63) is 22.8 Å². The molecule has 1 atom stereocenters. The van der Waals surface area contributed by atoms with Gasteiger partial charge in [-0.2, -0.15) is 0 Å². The minimum atomic E-state index is -1.02. The number of carboxylic acids is 1. The van der Waals surface area contributed by atoms with E-state index in [0.29, 0.717) is 12.4 Å². The second kappa shape index (κ2) is 5.33. The lowest BCUT2D eigenvalue weighted by Gasteiger charge is -2.23. The molecular formula is C11H13ClN2O3. The third-order valence-corrected chi connectivity index (χ3v) is 2.75. The van der Waals surface area contributed by atoms with Crippen LogP contribution in [-0.4, -0.2) is 35.3 Å². The first-order valence-corrected chi connectivity index (χ1v) is 5.78. The molecule has 17 heavy (non-hydrogen) atoms. The Morgan fingerprint density at radius 2 is 2.41 bits per heavy atom. The van der Waals surface area contributed by atoms with E-state index in [2.05, 4.69) is 10.3 Å². The van der Waals surface area contributed by atoms with Gasteiger partial charge in [0.15, 0.2) is 0 Å². The lowest BCUT2D eigenvalue weighted by atomic mass is 10.1. The minimum absolute atomic E-state index is 0.129. The average Bonchev–Trinajstić information content (AvgIpc) is 2.29. The Morgan fingerprint density at radius 3 is 3.06 bits per heavy atom. The first-order chi connectivity index (χ1) is 8.15. The first-order valence-electron chi connectivity index (χ1n) is 5.40. The number of carboxylic acid groups (broad SMARTS) is 1. The quantitative estimate of drug-likeness (QED) is 0.810. The van der Waals surface area contributed by atoms with Gasteiger partial charge in [-0.05, 0) is 25.0 Å². The fraction of sp³-hybridized carbons (Fsp3) is 0.455. The summed E-state index contributed by atoms with van der Waals surface area (Å²) < 4.78 is 5.32. The smallest absolute Gasteiger partial charge is 0.335 e. The van der Waals surface area contributed by atoms with Gasteiger partial charge >= 0.3 is 5.97 Å². The Labute approximate surface area is 104 Å². The van der Waals surface area contributed by atoms with Crippen molar-refractivity contribution >= 4 is 23.4 Å². The molecule has 0 radical (unpaired) electrons. The van der Waals surface area contributed by atoms with Crippen LogP contribution in [0.15, 0.2) is 12.1 Å². The Kier molecular flexibility index (Phi) is 3.81. The molecule has 5 nitrogen and oxygen atoms in total. The summed E-state index contributed by atoms with van der Waals surface area (Å²) in [4.78, 5) is 14.9. The molecule has 0 amide bonds. The van der Waals surface area contributed by atoms with Crippen LogP contribution in [0.4, 0.5) is 5.82 Å². The van der Waals surface area contributed by atoms with Crippen LogP contribution < -0.4 is 5.32 Å². The van der Waals surface area contributed by atoms with Crippen LogP contribution in [0, 0.1) is 0 Å². The number of hydrogen-bond acceptors (Lipinski definition) is 4. The largest absolute Gasteiger partial charge is 0.478 e. The van der Waals surface area contributed by atoms with E-state index in [1.54, 1.807) is 0 Å². The number of anilines is 1. The first kappa shape index (κ1) is 12.1. The number of halogens is 1. The summed E-state index contributed by atoms with van der Waals surface area (Å²) in [5, 5.41) is 12.2. The van der Waals surface area contributed by atoms with Gasteiger partial charge in [-0.3, -0.25) is 0 Å². The Morgan fingerprint density at radius 1 is 1.59 bits per heavy atom. The van der Waals surface area contributed by atoms with Gasteiger partial charge in [0.05, 0.1) is 18.2 Å². The molecule has 0 spiro atoms. The summed E-state index contributed by atoms with van der Waals surface area (Å²) in [7, 11) is 0. The number of aromatic carboxylic acids is 1. The zero-order valence-electron chi connectivity index (χ0n) is 9.15. The van der Waals surface area contributed by atoms with Gasteiger partial charge in [0, 0.05) is 6.61 Å². The molecule has 92 valence electrons. The van der Waals surface area contributed by atoms with Crippen LogP contribution in [0.3, 0.4) is 0 Å². The Bertz CT molecular complexity index is 419. The van der Waals surface area contributed by atoms with Crippen molar-refractivity contribution in [1.82, 2.24) is 4.98 Å². The average molecular weight is 257 g/mol. The second-order valence-corrected chi connectivity index (χ2v) is 4.31. The zero-order chi connectivity index (χ0) is 12.3. The van der Waals surface area contributed by atoms with Crippen molar-refractivity contribution < 1.29 is 14.6 Å². The lowest BCUT2D eigenvalue weighted by Crippen LogP contribution is -2.30. The summed E-state index contributed by atoms with van der Waals surface area (Å²) in [6.45, 7) is 1.39. The summed E-state index contributed by atoms with van der Waals surface area (Å²) in [6.07, 6.45) is 1.97.